The molecular weight excluding hydrogens is 206 g/mol. The number of benzene rings is 1. The quantitative estimate of drug-likeness (QED) is 0.801. The molecule has 0 unspecified atom stereocenters. The van der Waals surface area contributed by atoms with Crippen molar-refractivity contribution in [1.29, 1.82) is 0 Å². The average molecular weight is 215 g/mol. The van der Waals surface area contributed by atoms with Gasteiger partial charge in [0.15, 0.2) is 0 Å². The molecule has 0 aliphatic rings. The molecule has 4 heteroatoms. The van der Waals surface area contributed by atoms with Crippen molar-refractivity contribution >= 4 is 5.97 Å². The number of carboxylic acid groups (broad SMARTS) is 1. The molecular formula is C12H9NO3. The first kappa shape index (κ1) is 10.2. The van der Waals surface area contributed by atoms with Crippen molar-refractivity contribution in [3.63, 3.8) is 0 Å². The van der Waals surface area contributed by atoms with E-state index in [2.05, 4.69) is 4.98 Å². The first-order chi connectivity index (χ1) is 7.66. The predicted molar refractivity (Wildman–Crippen MR) is 59.5 cm³/mol. The highest BCUT2D eigenvalue weighted by Gasteiger charge is 2.02. The number of carbonyl (C=O) groups is 1. The number of aromatic carboxylic acids is 1. The van der Waals surface area contributed by atoms with Gasteiger partial charge in [-0.05, 0) is 29.3 Å². The number of aromatic amines is 1. The molecule has 2 aromatic rings. The second-order valence-electron chi connectivity index (χ2n) is 3.32. The van der Waals surface area contributed by atoms with E-state index in [1.54, 1.807) is 24.4 Å². The number of hydrogen-bond acceptors (Lipinski definition) is 2. The first-order valence-electron chi connectivity index (χ1n) is 4.69. The van der Waals surface area contributed by atoms with Gasteiger partial charge in [-0.25, -0.2) is 4.79 Å². The Morgan fingerprint density at radius 2 is 1.62 bits per heavy atom. The Kier molecular flexibility index (Phi) is 2.55. The number of pyridine rings is 1. The van der Waals surface area contributed by atoms with Crippen LogP contribution < -0.4 is 5.56 Å². The van der Waals surface area contributed by atoms with Gasteiger partial charge < -0.3 is 10.1 Å². The Bertz CT molecular complexity index is 549. The summed E-state index contributed by atoms with van der Waals surface area (Å²) in [6.07, 6.45) is 1.60. The standard InChI is InChI=1S/C12H9NO3/c14-11-6-5-10(7-13-11)8-1-3-9(4-2-8)12(15)16/h1-7H,(H,13,14)(H,15,16). The summed E-state index contributed by atoms with van der Waals surface area (Å²) in [6, 6.07) is 9.59. The molecule has 1 aromatic carbocycles. The van der Waals surface area contributed by atoms with Gasteiger partial charge in [0.25, 0.3) is 0 Å². The lowest BCUT2D eigenvalue weighted by molar-refractivity contribution is 0.0697. The van der Waals surface area contributed by atoms with Crippen LogP contribution in [0, 0.1) is 0 Å². The molecule has 1 heterocycles. The van der Waals surface area contributed by atoms with E-state index >= 15 is 0 Å². The van der Waals surface area contributed by atoms with Gasteiger partial charge in [0.1, 0.15) is 0 Å². The molecule has 0 aliphatic heterocycles. The summed E-state index contributed by atoms with van der Waals surface area (Å²) < 4.78 is 0. The van der Waals surface area contributed by atoms with Crippen LogP contribution in [-0.4, -0.2) is 16.1 Å². The van der Waals surface area contributed by atoms with Crippen LogP contribution in [0.4, 0.5) is 0 Å². The van der Waals surface area contributed by atoms with Gasteiger partial charge in [0.05, 0.1) is 5.56 Å². The second kappa shape index (κ2) is 4.02. The zero-order valence-electron chi connectivity index (χ0n) is 8.31. The zero-order valence-corrected chi connectivity index (χ0v) is 8.31. The van der Waals surface area contributed by atoms with Gasteiger partial charge in [-0.15, -0.1) is 0 Å². The van der Waals surface area contributed by atoms with Crippen molar-refractivity contribution in [3.8, 4) is 11.1 Å². The highest BCUT2D eigenvalue weighted by Crippen LogP contribution is 2.17. The van der Waals surface area contributed by atoms with Gasteiger partial charge in [0.2, 0.25) is 5.56 Å². The minimum Gasteiger partial charge on any atom is -0.478 e. The number of hydrogen-bond donors (Lipinski definition) is 2. The molecule has 0 fully saturated rings. The highest BCUT2D eigenvalue weighted by atomic mass is 16.4. The molecule has 0 bridgehead atoms. The smallest absolute Gasteiger partial charge is 0.335 e. The molecule has 0 saturated carbocycles. The molecule has 1 aromatic heterocycles. The summed E-state index contributed by atoms with van der Waals surface area (Å²) in [4.78, 5) is 24.1. The van der Waals surface area contributed by atoms with Crippen molar-refractivity contribution in [2.24, 2.45) is 0 Å². The highest BCUT2D eigenvalue weighted by molar-refractivity contribution is 5.88. The van der Waals surface area contributed by atoms with Crippen LogP contribution in [0.25, 0.3) is 11.1 Å². The minimum absolute atomic E-state index is 0.161. The number of rotatable bonds is 2. The summed E-state index contributed by atoms with van der Waals surface area (Å²) in [7, 11) is 0. The predicted octanol–water partition coefficient (Wildman–Crippen LogP) is 1.74. The van der Waals surface area contributed by atoms with Gasteiger partial charge in [-0.1, -0.05) is 12.1 Å². The van der Waals surface area contributed by atoms with Crippen molar-refractivity contribution in [1.82, 2.24) is 4.98 Å². The number of carboxylic acids is 1. The molecule has 0 spiro atoms. The van der Waals surface area contributed by atoms with E-state index in [0.717, 1.165) is 11.1 Å². The van der Waals surface area contributed by atoms with Crippen LogP contribution in [0.1, 0.15) is 10.4 Å². The molecule has 0 atom stereocenters. The van der Waals surface area contributed by atoms with Crippen LogP contribution in [-0.2, 0) is 0 Å². The maximum atomic E-state index is 10.9. The fraction of sp³-hybridized carbons (Fsp3) is 0. The fourth-order valence-corrected chi connectivity index (χ4v) is 1.40. The maximum absolute atomic E-state index is 10.9. The number of H-pyrrole nitrogens is 1. The van der Waals surface area contributed by atoms with Crippen LogP contribution >= 0.6 is 0 Å². The van der Waals surface area contributed by atoms with E-state index in [4.69, 9.17) is 5.11 Å². The monoisotopic (exact) mass is 215 g/mol. The Balaban J connectivity index is 2.38. The van der Waals surface area contributed by atoms with Gasteiger partial charge >= 0.3 is 5.97 Å². The normalized spacial score (nSPS) is 10.0. The van der Waals surface area contributed by atoms with E-state index in [9.17, 15) is 9.59 Å². The largest absolute Gasteiger partial charge is 0.478 e. The van der Waals surface area contributed by atoms with E-state index < -0.39 is 5.97 Å². The van der Waals surface area contributed by atoms with Crippen molar-refractivity contribution < 1.29 is 9.90 Å². The van der Waals surface area contributed by atoms with Gasteiger partial charge in [0, 0.05) is 12.3 Å². The Hall–Kier alpha value is -2.36. The van der Waals surface area contributed by atoms with Gasteiger partial charge in [-0.3, -0.25) is 4.79 Å². The molecule has 0 aliphatic carbocycles. The van der Waals surface area contributed by atoms with Crippen molar-refractivity contribution in [3.05, 3.63) is 58.5 Å². The third kappa shape index (κ3) is 2.00. The van der Waals surface area contributed by atoms with E-state index in [-0.39, 0.29) is 11.1 Å². The molecule has 0 radical (unpaired) electrons. The van der Waals surface area contributed by atoms with Crippen LogP contribution in [0.2, 0.25) is 0 Å². The van der Waals surface area contributed by atoms with E-state index in [1.807, 2.05) is 0 Å². The Labute approximate surface area is 91.2 Å². The zero-order chi connectivity index (χ0) is 11.5. The topological polar surface area (TPSA) is 70.2 Å². The molecule has 16 heavy (non-hydrogen) atoms. The Morgan fingerprint density at radius 1 is 1.00 bits per heavy atom. The molecule has 0 saturated heterocycles. The SMILES string of the molecule is O=C(O)c1ccc(-c2ccc(=O)[nH]c2)cc1. The van der Waals surface area contributed by atoms with Crippen LogP contribution in [0.5, 0.6) is 0 Å². The van der Waals surface area contributed by atoms with Crippen LogP contribution in [0.15, 0.2) is 47.4 Å². The molecule has 0 amide bonds. The van der Waals surface area contributed by atoms with E-state index in [1.165, 1.54) is 18.2 Å². The molecule has 4 nitrogen and oxygen atoms in total. The Morgan fingerprint density at radius 3 is 2.12 bits per heavy atom. The summed E-state index contributed by atoms with van der Waals surface area (Å²) in [5, 5.41) is 8.74. The lowest BCUT2D eigenvalue weighted by Crippen LogP contribution is -2.01. The summed E-state index contributed by atoms with van der Waals surface area (Å²) in [5.41, 5.74) is 1.79. The summed E-state index contributed by atoms with van der Waals surface area (Å²) >= 11 is 0. The third-order valence-electron chi connectivity index (χ3n) is 2.25. The molecule has 2 rings (SSSR count). The van der Waals surface area contributed by atoms with E-state index in [0.29, 0.717) is 0 Å². The third-order valence-corrected chi connectivity index (χ3v) is 2.25. The second-order valence-corrected chi connectivity index (χ2v) is 3.32. The lowest BCUT2D eigenvalue weighted by atomic mass is 10.1. The number of nitrogens with one attached hydrogen (secondary N) is 1. The summed E-state index contributed by atoms with van der Waals surface area (Å²) in [5.74, 6) is -0.951. The summed E-state index contributed by atoms with van der Waals surface area (Å²) in [6.45, 7) is 0. The van der Waals surface area contributed by atoms with Gasteiger partial charge in [-0.2, -0.15) is 0 Å². The van der Waals surface area contributed by atoms with Crippen molar-refractivity contribution in [2.45, 2.75) is 0 Å². The van der Waals surface area contributed by atoms with Crippen molar-refractivity contribution in [2.75, 3.05) is 0 Å². The molecule has 80 valence electrons. The number of aromatic nitrogens is 1. The fourth-order valence-electron chi connectivity index (χ4n) is 1.40. The minimum atomic E-state index is -0.951. The first-order valence-corrected chi connectivity index (χ1v) is 4.69. The maximum Gasteiger partial charge on any atom is 0.335 e. The lowest BCUT2D eigenvalue weighted by Gasteiger charge is -2.01. The van der Waals surface area contributed by atoms with Crippen LogP contribution in [0.3, 0.4) is 0 Å². The molecule has 2 N–H and O–H groups in total. The average Bonchev–Trinajstić information content (AvgIpc) is 2.30.